The van der Waals surface area contributed by atoms with E-state index in [4.69, 9.17) is 4.74 Å². The molecular formula is C35H24FNO5. The van der Waals surface area contributed by atoms with Gasteiger partial charge in [-0.2, -0.15) is 0 Å². The third-order valence-corrected chi connectivity index (χ3v) is 8.60. The summed E-state index contributed by atoms with van der Waals surface area (Å²) in [5, 5.41) is 0. The second-order valence-electron chi connectivity index (χ2n) is 10.8. The number of hydrogen-bond acceptors (Lipinski definition) is 6. The van der Waals surface area contributed by atoms with Crippen molar-refractivity contribution in [1.82, 2.24) is 0 Å². The molecule has 0 radical (unpaired) electrons. The average molecular weight is 558 g/mol. The minimum Gasteiger partial charge on any atom is -0.424 e. The fourth-order valence-electron chi connectivity index (χ4n) is 7.04. The molecule has 206 valence electrons. The van der Waals surface area contributed by atoms with E-state index in [1.165, 1.54) is 31.2 Å². The number of ether oxygens (including phenoxy) is 1. The van der Waals surface area contributed by atoms with Gasteiger partial charge in [0.2, 0.25) is 0 Å². The minimum atomic E-state index is -1.74. The van der Waals surface area contributed by atoms with E-state index in [2.05, 4.69) is 0 Å². The molecule has 7 rings (SSSR count). The molecule has 6 nitrogen and oxygen atoms in total. The Kier molecular flexibility index (Phi) is 5.80. The maximum atomic E-state index is 14.7. The van der Waals surface area contributed by atoms with Crippen LogP contribution < -0.4 is 9.64 Å². The predicted octanol–water partition coefficient (Wildman–Crippen LogP) is 6.07. The number of fused-ring (bicyclic) bond motifs is 5. The summed E-state index contributed by atoms with van der Waals surface area (Å²) in [7, 11) is 0. The largest absolute Gasteiger partial charge is 0.424 e. The first kappa shape index (κ1) is 25.8. The standard InChI is InChI=1S/C35H24FNO5/c1-20(38)42-27-13-7-10-22-16-19-28-35(33(40)25-11-5-6-12-26(25)34(35)41)29(21-14-17-24(36)18-15-21)31(37(28)30(22)27)32(39)23-8-3-2-4-9-23/h2-19,28-29,31H,1H3/t28-,29-,31-/m0/s1. The van der Waals surface area contributed by atoms with Crippen molar-refractivity contribution in [3.63, 3.8) is 0 Å². The van der Waals surface area contributed by atoms with E-state index in [0.717, 1.165) is 0 Å². The number of benzene rings is 4. The topological polar surface area (TPSA) is 80.8 Å². The zero-order valence-corrected chi connectivity index (χ0v) is 22.5. The van der Waals surface area contributed by atoms with Gasteiger partial charge in [-0.15, -0.1) is 0 Å². The van der Waals surface area contributed by atoms with Crippen LogP contribution in [-0.4, -0.2) is 35.4 Å². The highest BCUT2D eigenvalue weighted by atomic mass is 19.1. The Morgan fingerprint density at radius 3 is 2.10 bits per heavy atom. The lowest BCUT2D eigenvalue weighted by Gasteiger charge is -2.37. The summed E-state index contributed by atoms with van der Waals surface area (Å²) in [5.74, 6) is -2.92. The first-order valence-corrected chi connectivity index (χ1v) is 13.7. The van der Waals surface area contributed by atoms with Gasteiger partial charge in [0.05, 0.1) is 11.7 Å². The van der Waals surface area contributed by atoms with Crippen molar-refractivity contribution in [2.75, 3.05) is 4.90 Å². The molecular weight excluding hydrogens is 533 g/mol. The number of rotatable bonds is 4. The van der Waals surface area contributed by atoms with Gasteiger partial charge in [0.1, 0.15) is 17.3 Å². The molecule has 7 heteroatoms. The molecule has 0 saturated carbocycles. The number of para-hydroxylation sites is 1. The van der Waals surface area contributed by atoms with E-state index < -0.39 is 46.8 Å². The molecule has 2 aliphatic heterocycles. The Labute approximate surface area is 241 Å². The Morgan fingerprint density at radius 2 is 1.45 bits per heavy atom. The van der Waals surface area contributed by atoms with Gasteiger partial charge in [-0.1, -0.05) is 91.0 Å². The van der Waals surface area contributed by atoms with Gasteiger partial charge in [-0.3, -0.25) is 19.2 Å². The molecule has 0 unspecified atom stereocenters. The van der Waals surface area contributed by atoms with Gasteiger partial charge in [0.25, 0.3) is 0 Å². The molecule has 0 amide bonds. The van der Waals surface area contributed by atoms with E-state index >= 15 is 0 Å². The van der Waals surface area contributed by atoms with Crippen LogP contribution in [0.25, 0.3) is 6.08 Å². The van der Waals surface area contributed by atoms with Gasteiger partial charge < -0.3 is 9.64 Å². The first-order valence-electron chi connectivity index (χ1n) is 13.7. The Balaban J connectivity index is 1.57. The molecule has 4 aromatic carbocycles. The normalized spacial score (nSPS) is 21.2. The van der Waals surface area contributed by atoms with Crippen LogP contribution in [0.5, 0.6) is 5.75 Å². The van der Waals surface area contributed by atoms with Crippen molar-refractivity contribution in [3.05, 3.63) is 137 Å². The molecule has 3 aliphatic rings. The molecule has 2 heterocycles. The van der Waals surface area contributed by atoms with Crippen molar-refractivity contribution < 1.29 is 28.3 Å². The molecule has 0 aromatic heterocycles. The second-order valence-corrected chi connectivity index (χ2v) is 10.8. The van der Waals surface area contributed by atoms with Crippen LogP contribution >= 0.6 is 0 Å². The third kappa shape index (κ3) is 3.49. The molecule has 1 fully saturated rings. The summed E-state index contributed by atoms with van der Waals surface area (Å²) in [6, 6.07) is 24.2. The number of hydrogen-bond donors (Lipinski definition) is 0. The monoisotopic (exact) mass is 557 g/mol. The van der Waals surface area contributed by atoms with Gasteiger partial charge >= 0.3 is 5.97 Å². The lowest BCUT2D eigenvalue weighted by molar-refractivity contribution is -0.131. The number of carbonyl (C=O) groups is 4. The number of carbonyl (C=O) groups excluding carboxylic acids is 4. The minimum absolute atomic E-state index is 0.213. The lowest BCUT2D eigenvalue weighted by Crippen LogP contribution is -2.48. The number of anilines is 1. The highest BCUT2D eigenvalue weighted by Gasteiger charge is 2.71. The highest BCUT2D eigenvalue weighted by molar-refractivity contribution is 6.32. The van der Waals surface area contributed by atoms with E-state index in [1.807, 2.05) is 6.07 Å². The first-order chi connectivity index (χ1) is 20.3. The molecule has 0 bridgehead atoms. The van der Waals surface area contributed by atoms with Crippen molar-refractivity contribution in [3.8, 4) is 5.75 Å². The molecule has 1 aliphatic carbocycles. The molecule has 1 saturated heterocycles. The van der Waals surface area contributed by atoms with E-state index in [9.17, 15) is 23.6 Å². The van der Waals surface area contributed by atoms with Gasteiger partial charge in [-0.05, 0) is 23.8 Å². The van der Waals surface area contributed by atoms with Crippen molar-refractivity contribution in [2.24, 2.45) is 5.41 Å². The number of halogens is 1. The van der Waals surface area contributed by atoms with Crippen LogP contribution in [0.3, 0.4) is 0 Å². The summed E-state index contributed by atoms with van der Waals surface area (Å²) in [6.07, 6.45) is 3.59. The molecule has 3 atom stereocenters. The van der Waals surface area contributed by atoms with Crippen molar-refractivity contribution in [1.29, 1.82) is 0 Å². The SMILES string of the molecule is CC(=O)Oc1cccc2c1N1[C@H](C(=O)c3ccccc3)[C@H](c3ccc(F)cc3)C3(C(=O)c4ccccc4C3=O)[C@@H]1C=C2. The second kappa shape index (κ2) is 9.45. The van der Waals surface area contributed by atoms with Crippen LogP contribution in [0.1, 0.15) is 55.0 Å². The fourth-order valence-corrected chi connectivity index (χ4v) is 7.04. The Hall–Kier alpha value is -5.17. The molecule has 4 aromatic rings. The number of esters is 1. The third-order valence-electron chi connectivity index (χ3n) is 8.60. The van der Waals surface area contributed by atoms with E-state index in [-0.39, 0.29) is 22.7 Å². The molecule has 1 spiro atoms. The van der Waals surface area contributed by atoms with Crippen molar-refractivity contribution >= 4 is 35.1 Å². The van der Waals surface area contributed by atoms with E-state index in [0.29, 0.717) is 22.4 Å². The maximum absolute atomic E-state index is 14.7. The smallest absolute Gasteiger partial charge is 0.308 e. The quantitative estimate of drug-likeness (QED) is 0.131. The Morgan fingerprint density at radius 1 is 0.810 bits per heavy atom. The highest BCUT2D eigenvalue weighted by Crippen LogP contribution is 2.62. The van der Waals surface area contributed by atoms with Gasteiger partial charge in [0.15, 0.2) is 23.1 Å². The zero-order chi connectivity index (χ0) is 29.2. The van der Waals surface area contributed by atoms with Gasteiger partial charge in [0, 0.05) is 35.1 Å². The lowest BCUT2D eigenvalue weighted by atomic mass is 9.64. The van der Waals surface area contributed by atoms with Crippen molar-refractivity contribution in [2.45, 2.75) is 24.9 Å². The number of Topliss-reactive ketones (excluding diaryl/α,β-unsaturated/α-hetero) is 3. The van der Waals surface area contributed by atoms with Crippen LogP contribution in [0.15, 0.2) is 103 Å². The fraction of sp³-hybridized carbons (Fsp3) is 0.143. The van der Waals surface area contributed by atoms with Crippen LogP contribution in [0.2, 0.25) is 0 Å². The number of ketones is 3. The summed E-state index contributed by atoms with van der Waals surface area (Å²) < 4.78 is 19.9. The molecule has 42 heavy (non-hydrogen) atoms. The predicted molar refractivity (Wildman–Crippen MR) is 154 cm³/mol. The zero-order valence-electron chi connectivity index (χ0n) is 22.5. The van der Waals surface area contributed by atoms with E-state index in [1.54, 1.807) is 83.8 Å². The molecule has 0 N–H and O–H groups in total. The van der Waals surface area contributed by atoms with Crippen LogP contribution in [-0.2, 0) is 4.79 Å². The Bertz CT molecular complexity index is 1790. The van der Waals surface area contributed by atoms with Crippen LogP contribution in [0, 0.1) is 11.2 Å². The summed E-state index contributed by atoms with van der Waals surface area (Å²) in [5.41, 5.74) is 0.811. The number of nitrogens with zero attached hydrogens (tertiary/aromatic N) is 1. The summed E-state index contributed by atoms with van der Waals surface area (Å²) in [6.45, 7) is 1.29. The summed E-state index contributed by atoms with van der Waals surface area (Å²) in [4.78, 5) is 57.9. The maximum Gasteiger partial charge on any atom is 0.308 e. The van der Waals surface area contributed by atoms with Gasteiger partial charge in [-0.25, -0.2) is 4.39 Å². The average Bonchev–Trinajstić information content (AvgIpc) is 3.43. The van der Waals surface area contributed by atoms with Crippen LogP contribution in [0.4, 0.5) is 10.1 Å². The summed E-state index contributed by atoms with van der Waals surface area (Å²) >= 11 is 0.